The van der Waals surface area contributed by atoms with Gasteiger partial charge < -0.3 is 9.13 Å². The highest BCUT2D eigenvalue weighted by molar-refractivity contribution is 6.18. The summed E-state index contributed by atoms with van der Waals surface area (Å²) in [5.41, 5.74) is 12.0. The Labute approximate surface area is 311 Å². The Morgan fingerprint density at radius 2 is 1.09 bits per heavy atom. The van der Waals surface area contributed by atoms with Gasteiger partial charge in [0.2, 0.25) is 0 Å². The van der Waals surface area contributed by atoms with Gasteiger partial charge in [0.25, 0.3) is 0 Å². The minimum absolute atomic E-state index is 0.699. The molecule has 0 saturated heterocycles. The van der Waals surface area contributed by atoms with Gasteiger partial charge in [-0.15, -0.1) is 0 Å². The van der Waals surface area contributed by atoms with E-state index in [1.165, 1.54) is 49.1 Å². The van der Waals surface area contributed by atoms with Crippen LogP contribution in [0.15, 0.2) is 194 Å². The van der Waals surface area contributed by atoms with Gasteiger partial charge in [0, 0.05) is 50.2 Å². The molecule has 0 atom stereocenters. The number of nitrogens with zero attached hydrogens (tertiary/aromatic N) is 4. The van der Waals surface area contributed by atoms with Crippen LogP contribution in [0.5, 0.6) is 0 Å². The van der Waals surface area contributed by atoms with Gasteiger partial charge in [0.05, 0.1) is 27.8 Å². The minimum atomic E-state index is 0.699. The number of para-hydroxylation sites is 3. The molecule has 0 aliphatic rings. The smallest absolute Gasteiger partial charge is 0.160 e. The largest absolute Gasteiger partial charge is 0.316 e. The molecule has 11 aromatic rings. The lowest BCUT2D eigenvalue weighted by atomic mass is 9.98. The Morgan fingerprint density at radius 1 is 0.370 bits per heavy atom. The Morgan fingerprint density at radius 3 is 1.98 bits per heavy atom. The lowest BCUT2D eigenvalue weighted by molar-refractivity contribution is 1.13. The first-order valence-electron chi connectivity index (χ1n) is 18.3. The average molecular weight is 689 g/mol. The third-order valence-electron chi connectivity index (χ3n) is 10.7. The van der Waals surface area contributed by atoms with Gasteiger partial charge in [-0.2, -0.15) is 0 Å². The second-order valence-electron chi connectivity index (χ2n) is 13.9. The van der Waals surface area contributed by atoms with Crippen LogP contribution in [0.4, 0.5) is 0 Å². The number of benzene rings is 8. The molecular formula is C50H32N4. The maximum Gasteiger partial charge on any atom is 0.160 e. The summed E-state index contributed by atoms with van der Waals surface area (Å²) in [5, 5.41) is 7.17. The molecule has 54 heavy (non-hydrogen) atoms. The van der Waals surface area contributed by atoms with Crippen molar-refractivity contribution in [3.63, 3.8) is 0 Å². The predicted octanol–water partition coefficient (Wildman–Crippen LogP) is 12.8. The van der Waals surface area contributed by atoms with Crippen LogP contribution in [0.2, 0.25) is 0 Å². The zero-order valence-corrected chi connectivity index (χ0v) is 29.3. The van der Waals surface area contributed by atoms with Crippen LogP contribution in [0.1, 0.15) is 0 Å². The van der Waals surface area contributed by atoms with E-state index >= 15 is 0 Å². The van der Waals surface area contributed by atoms with Crippen molar-refractivity contribution in [2.45, 2.75) is 0 Å². The van der Waals surface area contributed by atoms with E-state index in [2.05, 4.69) is 197 Å². The summed E-state index contributed by atoms with van der Waals surface area (Å²) in [7, 11) is 0. The summed E-state index contributed by atoms with van der Waals surface area (Å²) in [6.07, 6.45) is 2.18. The van der Waals surface area contributed by atoms with Crippen LogP contribution in [-0.2, 0) is 0 Å². The van der Waals surface area contributed by atoms with Crippen LogP contribution in [-0.4, -0.2) is 19.1 Å². The van der Waals surface area contributed by atoms with E-state index in [0.29, 0.717) is 5.82 Å². The van der Waals surface area contributed by atoms with Crippen molar-refractivity contribution in [2.75, 3.05) is 0 Å². The molecule has 0 radical (unpaired) electrons. The van der Waals surface area contributed by atoms with E-state index in [1.54, 1.807) is 0 Å². The van der Waals surface area contributed by atoms with Gasteiger partial charge in [0.15, 0.2) is 5.82 Å². The fourth-order valence-corrected chi connectivity index (χ4v) is 8.16. The fourth-order valence-electron chi connectivity index (χ4n) is 8.16. The lowest BCUT2D eigenvalue weighted by Gasteiger charge is -2.13. The third-order valence-corrected chi connectivity index (χ3v) is 10.7. The Hall–Kier alpha value is -7.30. The number of aromatic nitrogens is 4. The van der Waals surface area contributed by atoms with Crippen molar-refractivity contribution in [1.82, 2.24) is 19.1 Å². The molecule has 3 heterocycles. The molecular weight excluding hydrogens is 657 g/mol. The molecule has 0 spiro atoms. The number of fused-ring (bicyclic) bond motifs is 7. The van der Waals surface area contributed by atoms with Crippen LogP contribution >= 0.6 is 0 Å². The molecule has 4 heteroatoms. The number of hydrogen-bond acceptors (Lipinski definition) is 2. The molecule has 3 aromatic heterocycles. The van der Waals surface area contributed by atoms with E-state index < -0.39 is 0 Å². The van der Waals surface area contributed by atoms with Crippen LogP contribution < -0.4 is 0 Å². The standard InChI is InChI=1S/C50H32N4/c1-2-14-39(15-3-1)53-30-29-44-46(53)28-27-42-41-17-7-9-20-47(41)54(49(42)44)40-16-10-13-38(32-40)50-51-45-19-8-6-18-43(45)48(52-50)35-24-21-34(22-25-35)37-26-23-33-11-4-5-12-36(33)31-37/h1-32H. The summed E-state index contributed by atoms with van der Waals surface area (Å²) in [5.74, 6) is 0.699. The van der Waals surface area contributed by atoms with E-state index in [-0.39, 0.29) is 0 Å². The second kappa shape index (κ2) is 12.1. The molecule has 0 unspecified atom stereocenters. The molecule has 0 bridgehead atoms. The summed E-state index contributed by atoms with van der Waals surface area (Å²) in [6.45, 7) is 0. The molecule has 11 rings (SSSR count). The van der Waals surface area contributed by atoms with Gasteiger partial charge in [-0.1, -0.05) is 133 Å². The highest BCUT2D eigenvalue weighted by atomic mass is 15.0. The van der Waals surface area contributed by atoms with E-state index in [1.807, 2.05) is 6.07 Å². The Balaban J connectivity index is 1.05. The van der Waals surface area contributed by atoms with Crippen LogP contribution in [0.25, 0.3) is 99.5 Å². The van der Waals surface area contributed by atoms with Gasteiger partial charge in [-0.25, -0.2) is 9.97 Å². The lowest BCUT2D eigenvalue weighted by Crippen LogP contribution is -1.98. The first-order chi connectivity index (χ1) is 26.8. The van der Waals surface area contributed by atoms with Crippen molar-refractivity contribution in [1.29, 1.82) is 0 Å². The SMILES string of the molecule is c1ccc(-n2ccc3c2ccc2c4ccccc4n(-c4cccc(-c5nc(-c6ccc(-c7ccc8ccccc8c7)cc6)c6ccccc6n5)c4)c23)cc1. The fraction of sp³-hybridized carbons (Fsp3) is 0. The molecule has 0 aliphatic carbocycles. The zero-order valence-electron chi connectivity index (χ0n) is 29.3. The third kappa shape index (κ3) is 4.85. The number of rotatable bonds is 5. The van der Waals surface area contributed by atoms with Gasteiger partial charge >= 0.3 is 0 Å². The predicted molar refractivity (Wildman–Crippen MR) is 225 cm³/mol. The number of hydrogen-bond donors (Lipinski definition) is 0. The van der Waals surface area contributed by atoms with E-state index in [9.17, 15) is 0 Å². The summed E-state index contributed by atoms with van der Waals surface area (Å²) < 4.78 is 4.67. The molecule has 252 valence electrons. The average Bonchev–Trinajstić information content (AvgIpc) is 3.83. The van der Waals surface area contributed by atoms with Gasteiger partial charge in [0.1, 0.15) is 0 Å². The molecule has 0 aliphatic heterocycles. The molecule has 0 N–H and O–H groups in total. The molecule has 0 amide bonds. The Kier molecular flexibility index (Phi) is 6.82. The Bertz CT molecular complexity index is 3210. The molecule has 8 aromatic carbocycles. The van der Waals surface area contributed by atoms with Crippen LogP contribution in [0, 0.1) is 0 Å². The maximum atomic E-state index is 5.29. The quantitative estimate of drug-likeness (QED) is 0.180. The van der Waals surface area contributed by atoms with Crippen molar-refractivity contribution < 1.29 is 0 Å². The van der Waals surface area contributed by atoms with Gasteiger partial charge in [-0.3, -0.25) is 0 Å². The van der Waals surface area contributed by atoms with Crippen molar-refractivity contribution in [2.24, 2.45) is 0 Å². The second-order valence-corrected chi connectivity index (χ2v) is 13.9. The molecule has 0 fully saturated rings. The first kappa shape index (κ1) is 30.3. The highest BCUT2D eigenvalue weighted by Gasteiger charge is 2.18. The first-order valence-corrected chi connectivity index (χ1v) is 18.3. The summed E-state index contributed by atoms with van der Waals surface area (Å²) in [4.78, 5) is 10.4. The minimum Gasteiger partial charge on any atom is -0.316 e. The summed E-state index contributed by atoms with van der Waals surface area (Å²) >= 11 is 0. The topological polar surface area (TPSA) is 35.6 Å². The van der Waals surface area contributed by atoms with E-state index in [4.69, 9.17) is 9.97 Å². The monoisotopic (exact) mass is 688 g/mol. The van der Waals surface area contributed by atoms with Crippen molar-refractivity contribution in [3.8, 4) is 45.1 Å². The van der Waals surface area contributed by atoms with Gasteiger partial charge in [-0.05, 0) is 76.5 Å². The summed E-state index contributed by atoms with van der Waals surface area (Å²) in [6, 6.07) is 66.9. The van der Waals surface area contributed by atoms with Crippen molar-refractivity contribution >= 4 is 54.4 Å². The molecule has 4 nitrogen and oxygen atoms in total. The van der Waals surface area contributed by atoms with Crippen molar-refractivity contribution in [3.05, 3.63) is 194 Å². The van der Waals surface area contributed by atoms with Crippen LogP contribution in [0.3, 0.4) is 0 Å². The zero-order chi connectivity index (χ0) is 35.6. The normalized spacial score (nSPS) is 11.7. The molecule has 0 saturated carbocycles. The van der Waals surface area contributed by atoms with E-state index in [0.717, 1.165) is 44.6 Å². The maximum absolute atomic E-state index is 5.29. The highest BCUT2D eigenvalue weighted by Crippen LogP contribution is 2.39.